The first-order valence-electron chi connectivity index (χ1n) is 5.20. The molecular weight excluding hydrogens is 281 g/mol. The van der Waals surface area contributed by atoms with Crippen LogP contribution in [0.25, 0.3) is 0 Å². The van der Waals surface area contributed by atoms with Gasteiger partial charge >= 0.3 is 12.1 Å². The van der Waals surface area contributed by atoms with Crippen molar-refractivity contribution in [1.29, 1.82) is 0 Å². The van der Waals surface area contributed by atoms with Gasteiger partial charge in [0, 0.05) is 0 Å². The Kier molecular flexibility index (Phi) is 3.55. The van der Waals surface area contributed by atoms with E-state index >= 15 is 0 Å². The quantitative estimate of drug-likeness (QED) is 0.816. The van der Waals surface area contributed by atoms with Gasteiger partial charge in [0.15, 0.2) is 0 Å². The largest absolute Gasteiger partial charge is 0.480 e. The van der Waals surface area contributed by atoms with Crippen molar-refractivity contribution in [3.8, 4) is 0 Å². The number of rotatable bonds is 2. The fraction of sp³-hybridized carbons (Fsp3) is 0.273. The van der Waals surface area contributed by atoms with Gasteiger partial charge in [0.05, 0.1) is 17.3 Å². The van der Waals surface area contributed by atoms with E-state index in [2.05, 4.69) is 4.40 Å². The van der Waals surface area contributed by atoms with Gasteiger partial charge in [-0.1, -0.05) is 12.1 Å². The lowest BCUT2D eigenvalue weighted by Crippen LogP contribution is -2.41. The van der Waals surface area contributed by atoms with Gasteiger partial charge in [0.2, 0.25) is 0 Å². The van der Waals surface area contributed by atoms with Gasteiger partial charge in [-0.3, -0.25) is 4.79 Å². The van der Waals surface area contributed by atoms with Crippen LogP contribution in [0, 0.1) is 0 Å². The first-order chi connectivity index (χ1) is 8.80. The van der Waals surface area contributed by atoms with Crippen LogP contribution in [0.4, 0.5) is 13.2 Å². The SMILES string of the molecule is NC1C(c2cccc(C(F)(F)F)c2)=NSC1C(=O)O. The molecule has 0 radical (unpaired) electrons. The molecular formula is C11H9F3N2O2S. The second-order valence-corrected chi connectivity index (χ2v) is 4.85. The third-order valence-corrected chi connectivity index (χ3v) is 3.66. The van der Waals surface area contributed by atoms with E-state index in [0.29, 0.717) is 0 Å². The van der Waals surface area contributed by atoms with Crippen molar-refractivity contribution in [1.82, 2.24) is 0 Å². The minimum atomic E-state index is -4.46. The molecule has 19 heavy (non-hydrogen) atoms. The maximum absolute atomic E-state index is 12.6. The molecule has 1 heterocycles. The Bertz CT molecular complexity index is 545. The maximum atomic E-state index is 12.6. The van der Waals surface area contributed by atoms with Crippen LogP contribution in [0.2, 0.25) is 0 Å². The van der Waals surface area contributed by atoms with Crippen molar-refractivity contribution < 1.29 is 23.1 Å². The van der Waals surface area contributed by atoms with Crippen LogP contribution in [0.3, 0.4) is 0 Å². The van der Waals surface area contributed by atoms with Gasteiger partial charge in [-0.2, -0.15) is 13.2 Å². The minimum absolute atomic E-state index is 0.170. The standard InChI is InChI=1S/C11H9F3N2O2S/c12-11(13,14)6-3-1-2-5(4-6)8-7(15)9(10(17)18)19-16-8/h1-4,7,9H,15H2,(H,17,18). The molecule has 2 unspecified atom stereocenters. The minimum Gasteiger partial charge on any atom is -0.480 e. The summed E-state index contributed by atoms with van der Waals surface area (Å²) in [5, 5.41) is 7.91. The number of hydrogen-bond donors (Lipinski definition) is 2. The van der Waals surface area contributed by atoms with Crippen LogP contribution in [-0.2, 0) is 11.0 Å². The number of halogens is 3. The Labute approximate surface area is 110 Å². The zero-order chi connectivity index (χ0) is 14.2. The van der Waals surface area contributed by atoms with Crippen molar-refractivity contribution in [2.45, 2.75) is 17.5 Å². The first-order valence-corrected chi connectivity index (χ1v) is 6.04. The molecule has 102 valence electrons. The lowest BCUT2D eigenvalue weighted by molar-refractivity contribution is -0.138. The highest BCUT2D eigenvalue weighted by Gasteiger charge is 2.37. The van der Waals surface area contributed by atoms with E-state index in [9.17, 15) is 18.0 Å². The number of aliphatic carboxylic acids is 1. The molecule has 8 heteroatoms. The second-order valence-electron chi connectivity index (χ2n) is 3.95. The summed E-state index contributed by atoms with van der Waals surface area (Å²) >= 11 is 0.757. The predicted octanol–water partition coefficient (Wildman–Crippen LogP) is 1.94. The molecule has 1 aromatic rings. The van der Waals surface area contributed by atoms with Gasteiger partial charge in [0.1, 0.15) is 5.25 Å². The van der Waals surface area contributed by atoms with Gasteiger partial charge in [-0.05, 0) is 29.6 Å². The number of nitrogens with zero attached hydrogens (tertiary/aromatic N) is 1. The Morgan fingerprint density at radius 1 is 1.42 bits per heavy atom. The normalized spacial score (nSPS) is 23.3. The summed E-state index contributed by atoms with van der Waals surface area (Å²) < 4.78 is 41.6. The number of nitrogens with two attached hydrogens (primary N) is 1. The van der Waals surface area contributed by atoms with E-state index in [1.54, 1.807) is 0 Å². The third-order valence-electron chi connectivity index (χ3n) is 2.64. The fourth-order valence-corrected chi connectivity index (χ4v) is 2.49. The molecule has 0 amide bonds. The van der Waals surface area contributed by atoms with Gasteiger partial charge in [0.25, 0.3) is 0 Å². The Balaban J connectivity index is 2.32. The summed E-state index contributed by atoms with van der Waals surface area (Å²) in [7, 11) is 0. The summed E-state index contributed by atoms with van der Waals surface area (Å²) in [6, 6.07) is 3.60. The predicted molar refractivity (Wildman–Crippen MR) is 65.0 cm³/mol. The number of alkyl halides is 3. The number of carbonyl (C=O) groups is 1. The van der Waals surface area contributed by atoms with E-state index in [1.165, 1.54) is 12.1 Å². The van der Waals surface area contributed by atoms with E-state index in [0.717, 1.165) is 24.1 Å². The smallest absolute Gasteiger partial charge is 0.416 e. The molecule has 1 aliphatic heterocycles. The average molecular weight is 290 g/mol. The summed E-state index contributed by atoms with van der Waals surface area (Å²) in [5.41, 5.74) is 5.25. The molecule has 0 saturated heterocycles. The van der Waals surface area contributed by atoms with E-state index < -0.39 is 29.0 Å². The highest BCUT2D eigenvalue weighted by Crippen LogP contribution is 2.32. The molecule has 0 fully saturated rings. The molecule has 1 aromatic carbocycles. The summed E-state index contributed by atoms with van der Waals surface area (Å²) in [6.45, 7) is 0. The maximum Gasteiger partial charge on any atom is 0.416 e. The summed E-state index contributed by atoms with van der Waals surface area (Å²) in [4.78, 5) is 10.9. The number of carboxylic acid groups (broad SMARTS) is 1. The fourth-order valence-electron chi connectivity index (χ4n) is 1.68. The number of benzene rings is 1. The van der Waals surface area contributed by atoms with E-state index in [-0.39, 0.29) is 11.3 Å². The first kappa shape index (κ1) is 13.9. The van der Waals surface area contributed by atoms with Gasteiger partial charge in [-0.25, -0.2) is 4.40 Å². The van der Waals surface area contributed by atoms with Gasteiger partial charge < -0.3 is 10.8 Å². The number of hydrogen-bond acceptors (Lipinski definition) is 4. The van der Waals surface area contributed by atoms with Crippen molar-refractivity contribution in [3.05, 3.63) is 35.4 Å². The van der Waals surface area contributed by atoms with Crippen LogP contribution in [0.1, 0.15) is 11.1 Å². The topological polar surface area (TPSA) is 75.7 Å². The molecule has 0 aliphatic carbocycles. The molecule has 3 N–H and O–H groups in total. The van der Waals surface area contributed by atoms with Gasteiger partial charge in [-0.15, -0.1) is 0 Å². The van der Waals surface area contributed by atoms with Crippen molar-refractivity contribution in [2.75, 3.05) is 0 Å². The van der Waals surface area contributed by atoms with Crippen LogP contribution in [0.5, 0.6) is 0 Å². The monoisotopic (exact) mass is 290 g/mol. The zero-order valence-corrected chi connectivity index (χ0v) is 10.2. The Morgan fingerprint density at radius 2 is 2.11 bits per heavy atom. The molecule has 1 aliphatic rings. The van der Waals surface area contributed by atoms with E-state index in [4.69, 9.17) is 10.8 Å². The second kappa shape index (κ2) is 4.86. The Morgan fingerprint density at radius 3 is 2.63 bits per heavy atom. The lowest BCUT2D eigenvalue weighted by atomic mass is 9.99. The average Bonchev–Trinajstić information content (AvgIpc) is 2.70. The molecule has 0 saturated carbocycles. The summed E-state index contributed by atoms with van der Waals surface area (Å²) in [6.07, 6.45) is -4.46. The highest BCUT2D eigenvalue weighted by atomic mass is 32.2. The molecule has 0 aromatic heterocycles. The lowest BCUT2D eigenvalue weighted by Gasteiger charge is -2.13. The molecule has 2 atom stereocenters. The van der Waals surface area contributed by atoms with E-state index in [1.807, 2.05) is 0 Å². The molecule has 0 bridgehead atoms. The number of carboxylic acids is 1. The van der Waals surface area contributed by atoms with Crippen molar-refractivity contribution >= 4 is 23.6 Å². The van der Waals surface area contributed by atoms with Crippen molar-refractivity contribution in [3.63, 3.8) is 0 Å². The van der Waals surface area contributed by atoms with Crippen LogP contribution >= 0.6 is 11.9 Å². The third kappa shape index (κ3) is 2.74. The highest BCUT2D eigenvalue weighted by molar-refractivity contribution is 8.00. The Hall–Kier alpha value is -1.54. The zero-order valence-electron chi connectivity index (χ0n) is 9.39. The van der Waals surface area contributed by atoms with Crippen LogP contribution in [0.15, 0.2) is 28.7 Å². The summed E-state index contributed by atoms with van der Waals surface area (Å²) in [5.74, 6) is -1.14. The molecule has 0 spiro atoms. The molecule has 2 rings (SSSR count). The molecule has 4 nitrogen and oxygen atoms in total. The van der Waals surface area contributed by atoms with Crippen molar-refractivity contribution in [2.24, 2.45) is 10.1 Å². The van der Waals surface area contributed by atoms with Crippen LogP contribution < -0.4 is 5.73 Å². The van der Waals surface area contributed by atoms with Crippen LogP contribution in [-0.4, -0.2) is 28.1 Å².